The molecule has 0 aliphatic heterocycles. The van der Waals surface area contributed by atoms with Crippen LogP contribution in [0, 0.1) is 0 Å². The van der Waals surface area contributed by atoms with Gasteiger partial charge < -0.3 is 25.2 Å². The Morgan fingerprint density at radius 3 is 2.70 bits per heavy atom. The standard InChI is InChI=1S/C9H14N5O5P/c1-2-3-19-8(20(16,17)18)6-11-4-5(12-6)13-9(10)14-7(4)15/h8H,2-3H2,1H3,(H2,16,17,18)(H4,10,11,12,13,14,15). The zero-order chi connectivity index (χ0) is 14.9. The summed E-state index contributed by atoms with van der Waals surface area (Å²) in [5, 5.41) is 0. The van der Waals surface area contributed by atoms with E-state index in [1.54, 1.807) is 6.92 Å². The average Bonchev–Trinajstić information content (AvgIpc) is 2.71. The van der Waals surface area contributed by atoms with E-state index >= 15 is 0 Å². The van der Waals surface area contributed by atoms with Gasteiger partial charge in [-0.1, -0.05) is 6.92 Å². The lowest BCUT2D eigenvalue weighted by atomic mass is 10.5. The third-order valence-electron chi connectivity index (χ3n) is 2.42. The molecule has 10 nitrogen and oxygen atoms in total. The number of hydrogen-bond acceptors (Lipinski definition) is 6. The molecular weight excluding hydrogens is 289 g/mol. The van der Waals surface area contributed by atoms with Crippen molar-refractivity contribution in [2.24, 2.45) is 0 Å². The zero-order valence-corrected chi connectivity index (χ0v) is 11.4. The summed E-state index contributed by atoms with van der Waals surface area (Å²) in [6.45, 7) is 1.93. The SMILES string of the molecule is CCCOC(c1nc2nc(N)[nH]c(=O)c2[nH]1)P(=O)(O)O. The minimum atomic E-state index is -4.60. The predicted molar refractivity (Wildman–Crippen MR) is 69.9 cm³/mol. The number of fused-ring (bicyclic) bond motifs is 1. The maximum Gasteiger partial charge on any atom is 0.361 e. The van der Waals surface area contributed by atoms with E-state index in [4.69, 9.17) is 10.5 Å². The Bertz CT molecular complexity index is 719. The van der Waals surface area contributed by atoms with Crippen molar-refractivity contribution >= 4 is 24.7 Å². The molecule has 0 radical (unpaired) electrons. The minimum absolute atomic E-state index is 0.0206. The van der Waals surface area contributed by atoms with Gasteiger partial charge >= 0.3 is 7.60 Å². The summed E-state index contributed by atoms with van der Waals surface area (Å²) < 4.78 is 16.6. The van der Waals surface area contributed by atoms with E-state index < -0.39 is 19.0 Å². The number of nitrogens with two attached hydrogens (primary N) is 1. The quantitative estimate of drug-likeness (QED) is 0.474. The van der Waals surface area contributed by atoms with E-state index in [1.807, 2.05) is 0 Å². The fraction of sp³-hybridized carbons (Fsp3) is 0.444. The molecule has 0 aliphatic carbocycles. The predicted octanol–water partition coefficient (Wildman–Crippen LogP) is -0.169. The number of H-pyrrole nitrogens is 2. The summed E-state index contributed by atoms with van der Waals surface area (Å²) in [4.78, 5) is 42.6. The van der Waals surface area contributed by atoms with Gasteiger partial charge in [-0.25, -0.2) is 4.98 Å². The van der Waals surface area contributed by atoms with Crippen molar-refractivity contribution in [3.8, 4) is 0 Å². The molecule has 2 aromatic heterocycles. The van der Waals surface area contributed by atoms with Gasteiger partial charge in [0.2, 0.25) is 11.8 Å². The van der Waals surface area contributed by atoms with Crippen LogP contribution in [-0.2, 0) is 9.30 Å². The number of rotatable bonds is 5. The molecule has 0 saturated heterocycles. The maximum atomic E-state index is 11.6. The third-order valence-corrected chi connectivity index (χ3v) is 3.42. The number of aromatic nitrogens is 4. The number of imidazole rings is 1. The van der Waals surface area contributed by atoms with Crippen LogP contribution in [0.2, 0.25) is 0 Å². The fourth-order valence-electron chi connectivity index (χ4n) is 1.62. The van der Waals surface area contributed by atoms with Crippen LogP contribution in [0.5, 0.6) is 0 Å². The van der Waals surface area contributed by atoms with Crippen LogP contribution >= 0.6 is 7.60 Å². The van der Waals surface area contributed by atoms with Crippen LogP contribution in [0.25, 0.3) is 11.2 Å². The lowest BCUT2D eigenvalue weighted by Gasteiger charge is -2.16. The van der Waals surface area contributed by atoms with Crippen molar-refractivity contribution in [3.63, 3.8) is 0 Å². The molecule has 1 atom stereocenters. The Morgan fingerprint density at radius 1 is 1.40 bits per heavy atom. The highest BCUT2D eigenvalue weighted by Gasteiger charge is 2.34. The molecule has 11 heteroatoms. The number of nitrogen functional groups attached to an aromatic ring is 1. The van der Waals surface area contributed by atoms with Crippen LogP contribution in [0.3, 0.4) is 0 Å². The van der Waals surface area contributed by atoms with Crippen LogP contribution in [0.1, 0.15) is 25.0 Å². The number of nitrogens with zero attached hydrogens (tertiary/aromatic N) is 2. The molecule has 2 heterocycles. The Morgan fingerprint density at radius 2 is 2.10 bits per heavy atom. The Balaban J connectivity index is 2.51. The van der Waals surface area contributed by atoms with E-state index in [-0.39, 0.29) is 29.5 Å². The van der Waals surface area contributed by atoms with E-state index in [2.05, 4.69) is 19.9 Å². The van der Waals surface area contributed by atoms with Crippen LogP contribution in [0.4, 0.5) is 5.95 Å². The molecular formula is C9H14N5O5P. The molecule has 0 aromatic carbocycles. The Kier molecular flexibility index (Phi) is 3.91. The highest BCUT2D eigenvalue weighted by molar-refractivity contribution is 7.51. The summed E-state index contributed by atoms with van der Waals surface area (Å²) in [6, 6.07) is 0. The van der Waals surface area contributed by atoms with E-state index in [0.29, 0.717) is 6.42 Å². The van der Waals surface area contributed by atoms with Gasteiger partial charge in [0.1, 0.15) is 0 Å². The highest BCUT2D eigenvalue weighted by atomic mass is 31.2. The molecule has 2 rings (SSSR count). The Hall–Kier alpha value is -1.74. The van der Waals surface area contributed by atoms with E-state index in [1.165, 1.54) is 0 Å². The molecule has 0 amide bonds. The first kappa shape index (κ1) is 14.7. The molecule has 2 aromatic rings. The maximum absolute atomic E-state index is 11.6. The molecule has 0 bridgehead atoms. The van der Waals surface area contributed by atoms with Crippen LogP contribution in [0.15, 0.2) is 4.79 Å². The van der Waals surface area contributed by atoms with Crippen molar-refractivity contribution in [1.82, 2.24) is 19.9 Å². The zero-order valence-electron chi connectivity index (χ0n) is 10.5. The number of hydrogen-bond donors (Lipinski definition) is 5. The number of anilines is 1. The molecule has 0 aliphatic rings. The van der Waals surface area contributed by atoms with E-state index in [0.717, 1.165) is 0 Å². The first-order valence-electron chi connectivity index (χ1n) is 5.75. The molecule has 110 valence electrons. The van der Waals surface area contributed by atoms with Gasteiger partial charge in [0.25, 0.3) is 5.56 Å². The van der Waals surface area contributed by atoms with Gasteiger partial charge in [-0.3, -0.25) is 14.3 Å². The fourth-order valence-corrected chi connectivity index (χ4v) is 2.36. The van der Waals surface area contributed by atoms with Gasteiger partial charge in [-0.2, -0.15) is 4.98 Å². The third kappa shape index (κ3) is 2.88. The topological polar surface area (TPSA) is 167 Å². The summed E-state index contributed by atoms with van der Waals surface area (Å²) in [5.74, 6) is -1.87. The monoisotopic (exact) mass is 303 g/mol. The molecule has 20 heavy (non-hydrogen) atoms. The van der Waals surface area contributed by atoms with Gasteiger partial charge in [0.15, 0.2) is 17.0 Å². The molecule has 0 saturated carbocycles. The molecule has 0 fully saturated rings. The molecule has 1 unspecified atom stereocenters. The van der Waals surface area contributed by atoms with Crippen molar-refractivity contribution < 1.29 is 19.1 Å². The second kappa shape index (κ2) is 5.33. The van der Waals surface area contributed by atoms with Crippen molar-refractivity contribution in [3.05, 3.63) is 16.2 Å². The van der Waals surface area contributed by atoms with Gasteiger partial charge in [-0.15, -0.1) is 0 Å². The van der Waals surface area contributed by atoms with Crippen molar-refractivity contribution in [2.75, 3.05) is 12.3 Å². The highest BCUT2D eigenvalue weighted by Crippen LogP contribution is 2.51. The summed E-state index contributed by atoms with van der Waals surface area (Å²) in [6.07, 6.45) is 0.572. The second-order valence-corrected chi connectivity index (χ2v) is 5.73. The molecule has 0 spiro atoms. The van der Waals surface area contributed by atoms with E-state index in [9.17, 15) is 19.1 Å². The lowest BCUT2D eigenvalue weighted by Crippen LogP contribution is -2.11. The second-order valence-electron chi connectivity index (χ2n) is 4.08. The Labute approximate surface area is 112 Å². The molecule has 6 N–H and O–H groups in total. The van der Waals surface area contributed by atoms with Gasteiger partial charge in [-0.05, 0) is 6.42 Å². The number of nitrogens with one attached hydrogen (secondary N) is 2. The summed E-state index contributed by atoms with van der Waals surface area (Å²) in [7, 11) is -4.60. The van der Waals surface area contributed by atoms with Crippen LogP contribution in [-0.4, -0.2) is 36.3 Å². The van der Waals surface area contributed by atoms with Gasteiger partial charge in [0, 0.05) is 6.61 Å². The number of aromatic amines is 2. The van der Waals surface area contributed by atoms with Crippen molar-refractivity contribution in [2.45, 2.75) is 19.2 Å². The first-order valence-corrected chi connectivity index (χ1v) is 7.43. The average molecular weight is 303 g/mol. The van der Waals surface area contributed by atoms with Gasteiger partial charge in [0.05, 0.1) is 0 Å². The summed E-state index contributed by atoms with van der Waals surface area (Å²) in [5.41, 5.74) is 4.74. The summed E-state index contributed by atoms with van der Waals surface area (Å²) >= 11 is 0. The smallest absolute Gasteiger partial charge is 0.361 e. The lowest BCUT2D eigenvalue weighted by molar-refractivity contribution is 0.0815. The largest absolute Gasteiger partial charge is 0.369 e. The minimum Gasteiger partial charge on any atom is -0.369 e. The van der Waals surface area contributed by atoms with Crippen LogP contribution < -0.4 is 11.3 Å². The van der Waals surface area contributed by atoms with Crippen molar-refractivity contribution in [1.29, 1.82) is 0 Å². The number of ether oxygens (including phenoxy) is 1. The normalized spacial score (nSPS) is 13.8. The first-order chi connectivity index (χ1) is 9.32.